The van der Waals surface area contributed by atoms with E-state index in [1.807, 2.05) is 24.3 Å². The number of anilines is 1. The molecule has 0 fully saturated rings. The van der Waals surface area contributed by atoms with Gasteiger partial charge in [0, 0.05) is 29.7 Å². The third-order valence-corrected chi connectivity index (χ3v) is 4.35. The average molecular weight is 399 g/mol. The van der Waals surface area contributed by atoms with Crippen LogP contribution in [0, 0.1) is 12.7 Å². The number of halogens is 2. The summed E-state index contributed by atoms with van der Waals surface area (Å²) < 4.78 is 13.7. The van der Waals surface area contributed by atoms with Crippen LogP contribution in [0.5, 0.6) is 0 Å². The van der Waals surface area contributed by atoms with E-state index in [1.54, 1.807) is 31.2 Å². The SMILES string of the molecule is Cc1nc(NCCc2ccc(Cl)cc2)cc(C(=O)NCc2ccccc2F)n1. The molecular formula is C21H20ClFN4O. The van der Waals surface area contributed by atoms with E-state index in [2.05, 4.69) is 20.6 Å². The number of aryl methyl sites for hydroxylation is 1. The normalized spacial score (nSPS) is 10.5. The maximum atomic E-state index is 13.7. The average Bonchev–Trinajstić information content (AvgIpc) is 2.68. The lowest BCUT2D eigenvalue weighted by atomic mass is 10.1. The summed E-state index contributed by atoms with van der Waals surface area (Å²) in [5, 5.41) is 6.59. The first kappa shape index (κ1) is 19.8. The molecule has 144 valence electrons. The zero-order valence-corrected chi connectivity index (χ0v) is 16.1. The van der Waals surface area contributed by atoms with Crippen LogP contribution in [0.25, 0.3) is 0 Å². The molecule has 0 unspecified atom stereocenters. The van der Waals surface area contributed by atoms with Crippen molar-refractivity contribution in [2.24, 2.45) is 0 Å². The lowest BCUT2D eigenvalue weighted by Gasteiger charge is -2.10. The highest BCUT2D eigenvalue weighted by molar-refractivity contribution is 6.30. The number of carbonyl (C=O) groups is 1. The molecule has 0 aliphatic carbocycles. The third kappa shape index (κ3) is 5.50. The molecule has 1 aromatic heterocycles. The van der Waals surface area contributed by atoms with Crippen molar-refractivity contribution in [2.45, 2.75) is 19.9 Å². The zero-order chi connectivity index (χ0) is 19.9. The van der Waals surface area contributed by atoms with Gasteiger partial charge in [0.15, 0.2) is 0 Å². The maximum absolute atomic E-state index is 13.7. The van der Waals surface area contributed by atoms with Gasteiger partial charge in [0.05, 0.1) is 0 Å². The van der Waals surface area contributed by atoms with Crippen LogP contribution in [-0.2, 0) is 13.0 Å². The van der Waals surface area contributed by atoms with Crippen LogP contribution >= 0.6 is 11.6 Å². The van der Waals surface area contributed by atoms with Crippen molar-refractivity contribution in [3.8, 4) is 0 Å². The maximum Gasteiger partial charge on any atom is 0.270 e. The Morgan fingerprint density at radius 3 is 2.61 bits per heavy atom. The van der Waals surface area contributed by atoms with Crippen molar-refractivity contribution in [3.05, 3.63) is 88.1 Å². The van der Waals surface area contributed by atoms with Gasteiger partial charge < -0.3 is 10.6 Å². The van der Waals surface area contributed by atoms with E-state index in [-0.39, 0.29) is 24.0 Å². The molecule has 0 aliphatic heterocycles. The fraction of sp³-hybridized carbons (Fsp3) is 0.190. The Morgan fingerprint density at radius 1 is 1.11 bits per heavy atom. The van der Waals surface area contributed by atoms with Crippen LogP contribution in [0.2, 0.25) is 5.02 Å². The van der Waals surface area contributed by atoms with E-state index in [1.165, 1.54) is 6.07 Å². The van der Waals surface area contributed by atoms with E-state index in [9.17, 15) is 9.18 Å². The van der Waals surface area contributed by atoms with Gasteiger partial charge in [-0.15, -0.1) is 0 Å². The molecule has 1 heterocycles. The van der Waals surface area contributed by atoms with Gasteiger partial charge in [0.2, 0.25) is 0 Å². The number of aromatic nitrogens is 2. The van der Waals surface area contributed by atoms with Gasteiger partial charge in [0.1, 0.15) is 23.2 Å². The summed E-state index contributed by atoms with van der Waals surface area (Å²) in [5.74, 6) is 0.311. The molecule has 0 saturated carbocycles. The van der Waals surface area contributed by atoms with E-state index >= 15 is 0 Å². The van der Waals surface area contributed by atoms with Gasteiger partial charge in [-0.1, -0.05) is 41.9 Å². The predicted molar refractivity (Wildman–Crippen MR) is 108 cm³/mol. The molecule has 0 aliphatic rings. The first-order chi connectivity index (χ1) is 13.5. The van der Waals surface area contributed by atoms with Crippen LogP contribution < -0.4 is 10.6 Å². The Balaban J connectivity index is 1.59. The number of benzene rings is 2. The Labute approximate surface area is 168 Å². The minimum absolute atomic E-state index is 0.0912. The Hall–Kier alpha value is -2.99. The van der Waals surface area contributed by atoms with Gasteiger partial charge in [-0.25, -0.2) is 14.4 Å². The van der Waals surface area contributed by atoms with Crippen molar-refractivity contribution in [1.82, 2.24) is 15.3 Å². The zero-order valence-electron chi connectivity index (χ0n) is 15.4. The molecule has 7 heteroatoms. The molecular weight excluding hydrogens is 379 g/mol. The number of rotatable bonds is 7. The Bertz CT molecular complexity index is 963. The molecule has 3 rings (SSSR count). The molecule has 2 N–H and O–H groups in total. The van der Waals surface area contributed by atoms with E-state index in [0.717, 1.165) is 12.0 Å². The largest absolute Gasteiger partial charge is 0.370 e. The summed E-state index contributed by atoms with van der Waals surface area (Å²) in [5.41, 5.74) is 1.80. The molecule has 0 bridgehead atoms. The first-order valence-corrected chi connectivity index (χ1v) is 9.24. The van der Waals surface area contributed by atoms with E-state index in [4.69, 9.17) is 11.6 Å². The highest BCUT2D eigenvalue weighted by Crippen LogP contribution is 2.12. The van der Waals surface area contributed by atoms with E-state index in [0.29, 0.717) is 28.8 Å². The number of amides is 1. The fourth-order valence-electron chi connectivity index (χ4n) is 2.67. The fourth-order valence-corrected chi connectivity index (χ4v) is 2.79. The molecule has 0 atom stereocenters. The summed E-state index contributed by atoms with van der Waals surface area (Å²) in [6, 6.07) is 15.6. The van der Waals surface area contributed by atoms with Crippen molar-refractivity contribution < 1.29 is 9.18 Å². The topological polar surface area (TPSA) is 66.9 Å². The third-order valence-electron chi connectivity index (χ3n) is 4.10. The minimum atomic E-state index is -0.380. The molecule has 2 aromatic carbocycles. The minimum Gasteiger partial charge on any atom is -0.370 e. The highest BCUT2D eigenvalue weighted by Gasteiger charge is 2.11. The van der Waals surface area contributed by atoms with Crippen LogP contribution in [0.15, 0.2) is 54.6 Å². The molecule has 0 spiro atoms. The van der Waals surface area contributed by atoms with Crippen molar-refractivity contribution in [1.29, 1.82) is 0 Å². The van der Waals surface area contributed by atoms with Crippen LogP contribution in [0.1, 0.15) is 27.4 Å². The molecule has 0 radical (unpaired) electrons. The second-order valence-electron chi connectivity index (χ2n) is 6.26. The summed E-state index contributed by atoms with van der Waals surface area (Å²) in [6.45, 7) is 2.46. The van der Waals surface area contributed by atoms with E-state index < -0.39 is 0 Å². The number of nitrogens with one attached hydrogen (secondary N) is 2. The number of carbonyl (C=O) groups excluding carboxylic acids is 1. The van der Waals surface area contributed by atoms with Crippen LogP contribution in [-0.4, -0.2) is 22.4 Å². The predicted octanol–water partition coefficient (Wildman–Crippen LogP) is 4.16. The molecule has 1 amide bonds. The van der Waals surface area contributed by atoms with Crippen LogP contribution in [0.4, 0.5) is 10.2 Å². The second kappa shape index (κ2) is 9.28. The van der Waals surface area contributed by atoms with Gasteiger partial charge in [-0.3, -0.25) is 4.79 Å². The summed E-state index contributed by atoms with van der Waals surface area (Å²) in [7, 11) is 0. The smallest absolute Gasteiger partial charge is 0.270 e. The first-order valence-electron chi connectivity index (χ1n) is 8.87. The van der Waals surface area contributed by atoms with Crippen LogP contribution in [0.3, 0.4) is 0 Å². The van der Waals surface area contributed by atoms with Crippen molar-refractivity contribution in [3.63, 3.8) is 0 Å². The lowest BCUT2D eigenvalue weighted by molar-refractivity contribution is 0.0945. The number of nitrogens with zero attached hydrogens (tertiary/aromatic N) is 2. The molecule has 28 heavy (non-hydrogen) atoms. The summed E-state index contributed by atoms with van der Waals surface area (Å²) in [4.78, 5) is 20.9. The molecule has 5 nitrogen and oxygen atoms in total. The second-order valence-corrected chi connectivity index (χ2v) is 6.70. The Morgan fingerprint density at radius 2 is 1.86 bits per heavy atom. The number of hydrogen-bond donors (Lipinski definition) is 2. The van der Waals surface area contributed by atoms with Gasteiger partial charge >= 0.3 is 0 Å². The molecule has 3 aromatic rings. The van der Waals surface area contributed by atoms with Gasteiger partial charge in [-0.05, 0) is 37.1 Å². The lowest BCUT2D eigenvalue weighted by Crippen LogP contribution is -2.25. The summed E-state index contributed by atoms with van der Waals surface area (Å²) >= 11 is 5.89. The molecule has 0 saturated heterocycles. The van der Waals surface area contributed by atoms with Gasteiger partial charge in [-0.2, -0.15) is 0 Å². The van der Waals surface area contributed by atoms with Gasteiger partial charge in [0.25, 0.3) is 5.91 Å². The highest BCUT2D eigenvalue weighted by atomic mass is 35.5. The van der Waals surface area contributed by atoms with Crippen molar-refractivity contribution in [2.75, 3.05) is 11.9 Å². The Kier molecular flexibility index (Phi) is 6.55. The number of hydrogen-bond acceptors (Lipinski definition) is 4. The monoisotopic (exact) mass is 398 g/mol. The van der Waals surface area contributed by atoms with Crippen molar-refractivity contribution >= 4 is 23.3 Å². The quantitative estimate of drug-likeness (QED) is 0.627. The standard InChI is InChI=1S/C21H20ClFN4O/c1-14-26-19(21(28)25-13-16-4-2-3-5-18(16)23)12-20(27-14)24-11-10-15-6-8-17(22)9-7-15/h2-9,12H,10-11,13H2,1H3,(H,25,28)(H,24,26,27). The summed E-state index contributed by atoms with van der Waals surface area (Å²) in [6.07, 6.45) is 0.787.